The van der Waals surface area contributed by atoms with Crippen LogP contribution in [0.3, 0.4) is 0 Å². The summed E-state index contributed by atoms with van der Waals surface area (Å²) in [7, 11) is 0. The zero-order chi connectivity index (χ0) is 19.6. The molecule has 142 valence electrons. The SMILES string of the molecule is Cc1nc(C)c(-c2csc(Nc3cc(C(N)=O)ccc3OCC(C)C)n2)s1. The van der Waals surface area contributed by atoms with Crippen LogP contribution < -0.4 is 15.8 Å². The van der Waals surface area contributed by atoms with Crippen LogP contribution in [-0.4, -0.2) is 22.5 Å². The van der Waals surface area contributed by atoms with Gasteiger partial charge in [-0.2, -0.15) is 0 Å². The lowest BCUT2D eigenvalue weighted by atomic mass is 10.1. The van der Waals surface area contributed by atoms with E-state index in [0.717, 1.165) is 21.3 Å². The van der Waals surface area contributed by atoms with E-state index in [1.54, 1.807) is 29.5 Å². The standard InChI is InChI=1S/C19H22N4O2S2/c1-10(2)8-25-16-6-5-13(18(20)24)7-14(16)22-19-23-15(9-26-19)17-11(3)21-12(4)27-17/h5-7,9-10H,8H2,1-4H3,(H2,20,24)(H,22,23). The van der Waals surface area contributed by atoms with E-state index in [1.807, 2.05) is 19.2 Å². The van der Waals surface area contributed by atoms with E-state index in [4.69, 9.17) is 10.5 Å². The molecular formula is C19H22N4O2S2. The number of rotatable bonds is 7. The Bertz CT molecular complexity index is 963. The molecule has 1 aromatic carbocycles. The van der Waals surface area contributed by atoms with Gasteiger partial charge in [-0.05, 0) is 38.0 Å². The molecule has 1 amide bonds. The van der Waals surface area contributed by atoms with E-state index in [9.17, 15) is 4.79 Å². The highest BCUT2D eigenvalue weighted by Gasteiger charge is 2.14. The fraction of sp³-hybridized carbons (Fsp3) is 0.316. The van der Waals surface area contributed by atoms with E-state index >= 15 is 0 Å². The van der Waals surface area contributed by atoms with E-state index in [1.165, 1.54) is 11.3 Å². The van der Waals surface area contributed by atoms with Crippen LogP contribution in [0.1, 0.15) is 34.9 Å². The van der Waals surface area contributed by atoms with Crippen molar-refractivity contribution in [3.63, 3.8) is 0 Å². The average Bonchev–Trinajstić information content (AvgIpc) is 3.19. The largest absolute Gasteiger partial charge is 0.491 e. The van der Waals surface area contributed by atoms with Crippen LogP contribution in [0.4, 0.5) is 10.8 Å². The minimum absolute atomic E-state index is 0.387. The third-order valence-electron chi connectivity index (χ3n) is 3.72. The smallest absolute Gasteiger partial charge is 0.248 e. The Balaban J connectivity index is 1.88. The average molecular weight is 403 g/mol. The van der Waals surface area contributed by atoms with E-state index in [0.29, 0.717) is 34.7 Å². The maximum atomic E-state index is 11.5. The number of anilines is 2. The molecule has 0 aliphatic rings. The molecule has 3 rings (SSSR count). The Morgan fingerprint density at radius 3 is 2.70 bits per heavy atom. The molecule has 0 unspecified atom stereocenters. The summed E-state index contributed by atoms with van der Waals surface area (Å²) in [5.41, 5.74) is 8.38. The van der Waals surface area contributed by atoms with Gasteiger partial charge in [0, 0.05) is 10.9 Å². The normalized spacial score (nSPS) is 11.0. The Hall–Kier alpha value is -2.45. The van der Waals surface area contributed by atoms with Crippen LogP contribution in [0.25, 0.3) is 10.6 Å². The summed E-state index contributed by atoms with van der Waals surface area (Å²) in [4.78, 5) is 21.7. The Labute approximate surface area is 166 Å². The molecule has 3 N–H and O–H groups in total. The molecule has 0 saturated heterocycles. The molecule has 2 aromatic heterocycles. The fourth-order valence-corrected chi connectivity index (χ4v) is 4.15. The highest BCUT2D eigenvalue weighted by atomic mass is 32.1. The number of carbonyl (C=O) groups excluding carboxylic acids is 1. The number of aryl methyl sites for hydroxylation is 2. The maximum Gasteiger partial charge on any atom is 0.248 e. The third kappa shape index (κ3) is 4.64. The van der Waals surface area contributed by atoms with Gasteiger partial charge in [0.05, 0.1) is 33.6 Å². The number of nitrogens with two attached hydrogens (primary N) is 1. The van der Waals surface area contributed by atoms with Crippen molar-refractivity contribution >= 4 is 39.4 Å². The van der Waals surface area contributed by atoms with Crippen molar-refractivity contribution in [3.05, 3.63) is 39.8 Å². The summed E-state index contributed by atoms with van der Waals surface area (Å²) in [6, 6.07) is 5.12. The van der Waals surface area contributed by atoms with Crippen LogP contribution in [0, 0.1) is 19.8 Å². The van der Waals surface area contributed by atoms with Gasteiger partial charge in [0.15, 0.2) is 5.13 Å². The Morgan fingerprint density at radius 1 is 1.30 bits per heavy atom. The van der Waals surface area contributed by atoms with E-state index < -0.39 is 5.91 Å². The van der Waals surface area contributed by atoms with Crippen molar-refractivity contribution in [2.45, 2.75) is 27.7 Å². The topological polar surface area (TPSA) is 90.1 Å². The number of ether oxygens (including phenoxy) is 1. The molecular weight excluding hydrogens is 380 g/mol. The first-order valence-electron chi connectivity index (χ1n) is 8.57. The van der Waals surface area contributed by atoms with Gasteiger partial charge in [0.1, 0.15) is 5.75 Å². The molecule has 0 bridgehead atoms. The van der Waals surface area contributed by atoms with Crippen LogP contribution >= 0.6 is 22.7 Å². The van der Waals surface area contributed by atoms with Crippen LogP contribution in [0.15, 0.2) is 23.6 Å². The fourth-order valence-electron chi connectivity index (χ4n) is 2.48. The predicted molar refractivity (Wildman–Crippen MR) is 111 cm³/mol. The van der Waals surface area contributed by atoms with Crippen molar-refractivity contribution in [2.75, 3.05) is 11.9 Å². The Kier molecular flexibility index (Phi) is 5.76. The van der Waals surface area contributed by atoms with Gasteiger partial charge in [0.2, 0.25) is 5.91 Å². The lowest BCUT2D eigenvalue weighted by molar-refractivity contribution is 0.100. The molecule has 27 heavy (non-hydrogen) atoms. The van der Waals surface area contributed by atoms with Gasteiger partial charge < -0.3 is 15.8 Å². The van der Waals surface area contributed by atoms with Gasteiger partial charge in [-0.25, -0.2) is 9.97 Å². The highest BCUT2D eigenvalue weighted by molar-refractivity contribution is 7.16. The van der Waals surface area contributed by atoms with E-state index in [-0.39, 0.29) is 0 Å². The monoisotopic (exact) mass is 402 g/mol. The van der Waals surface area contributed by atoms with E-state index in [2.05, 4.69) is 29.1 Å². The van der Waals surface area contributed by atoms with Crippen LogP contribution in [0.5, 0.6) is 5.75 Å². The molecule has 8 heteroatoms. The molecule has 0 atom stereocenters. The summed E-state index contributed by atoms with van der Waals surface area (Å²) in [5, 5.41) is 6.99. The number of nitrogens with one attached hydrogen (secondary N) is 1. The second-order valence-electron chi connectivity index (χ2n) is 6.59. The van der Waals surface area contributed by atoms with Gasteiger partial charge in [-0.15, -0.1) is 22.7 Å². The van der Waals surface area contributed by atoms with Gasteiger partial charge >= 0.3 is 0 Å². The molecule has 0 fully saturated rings. The number of carbonyl (C=O) groups is 1. The van der Waals surface area contributed by atoms with Crippen molar-refractivity contribution in [3.8, 4) is 16.3 Å². The third-order valence-corrected chi connectivity index (χ3v) is 5.57. The summed E-state index contributed by atoms with van der Waals surface area (Å²) < 4.78 is 5.87. The Morgan fingerprint density at radius 2 is 2.07 bits per heavy atom. The number of hydrogen-bond donors (Lipinski definition) is 2. The maximum absolute atomic E-state index is 11.5. The number of nitrogens with zero attached hydrogens (tertiary/aromatic N) is 2. The minimum Gasteiger partial charge on any atom is -0.491 e. The molecule has 0 spiro atoms. The quantitative estimate of drug-likeness (QED) is 0.594. The zero-order valence-electron chi connectivity index (χ0n) is 15.7. The molecule has 3 aromatic rings. The second-order valence-corrected chi connectivity index (χ2v) is 8.65. The van der Waals surface area contributed by atoms with Crippen LogP contribution in [0.2, 0.25) is 0 Å². The molecule has 6 nitrogen and oxygen atoms in total. The first-order valence-corrected chi connectivity index (χ1v) is 10.3. The second kappa shape index (κ2) is 8.06. The number of benzene rings is 1. The summed E-state index contributed by atoms with van der Waals surface area (Å²) >= 11 is 3.12. The summed E-state index contributed by atoms with van der Waals surface area (Å²) in [6.45, 7) is 8.71. The lowest BCUT2D eigenvalue weighted by Gasteiger charge is -2.14. The van der Waals surface area contributed by atoms with Crippen LogP contribution in [-0.2, 0) is 0 Å². The first kappa shape index (κ1) is 19.3. The van der Waals surface area contributed by atoms with Crippen molar-refractivity contribution in [1.82, 2.24) is 9.97 Å². The number of hydrogen-bond acceptors (Lipinski definition) is 7. The van der Waals surface area contributed by atoms with Crippen molar-refractivity contribution in [1.29, 1.82) is 0 Å². The number of primary amides is 1. The molecule has 0 radical (unpaired) electrons. The summed E-state index contributed by atoms with van der Waals surface area (Å²) in [5.74, 6) is 0.567. The summed E-state index contributed by atoms with van der Waals surface area (Å²) in [6.07, 6.45) is 0. The zero-order valence-corrected chi connectivity index (χ0v) is 17.3. The highest BCUT2D eigenvalue weighted by Crippen LogP contribution is 2.35. The minimum atomic E-state index is -0.482. The predicted octanol–water partition coefficient (Wildman–Crippen LogP) is 4.76. The van der Waals surface area contributed by atoms with Crippen molar-refractivity contribution in [2.24, 2.45) is 11.7 Å². The first-order chi connectivity index (χ1) is 12.8. The number of thiazole rings is 2. The molecule has 2 heterocycles. The molecule has 0 saturated carbocycles. The van der Waals surface area contributed by atoms with Gasteiger partial charge in [-0.3, -0.25) is 4.79 Å². The number of amides is 1. The number of aromatic nitrogens is 2. The molecule has 0 aliphatic carbocycles. The molecule has 0 aliphatic heterocycles. The van der Waals surface area contributed by atoms with Gasteiger partial charge in [0.25, 0.3) is 0 Å². The van der Waals surface area contributed by atoms with Crippen molar-refractivity contribution < 1.29 is 9.53 Å². The van der Waals surface area contributed by atoms with Gasteiger partial charge in [-0.1, -0.05) is 13.8 Å². The lowest BCUT2D eigenvalue weighted by Crippen LogP contribution is -2.12.